The molecule has 0 aromatic carbocycles. The number of alkyl halides is 2. The molecule has 5 heteroatoms. The number of ether oxygens (including phenoxy) is 1. The topological polar surface area (TPSA) is 26.3 Å². The molecule has 0 amide bonds. The maximum Gasteiger partial charge on any atom is 0.315 e. The van der Waals surface area contributed by atoms with Crippen molar-refractivity contribution in [3.8, 4) is 0 Å². The molecule has 0 N–H and O–H groups in total. The summed E-state index contributed by atoms with van der Waals surface area (Å²) in [4.78, 5) is 11.2. The molecule has 0 rings (SSSR count). The third-order valence-electron chi connectivity index (χ3n) is 2.43. The van der Waals surface area contributed by atoms with Gasteiger partial charge in [0.25, 0.3) is 0 Å². The van der Waals surface area contributed by atoms with E-state index in [4.69, 9.17) is 4.74 Å². The first kappa shape index (κ1) is 17.7. The summed E-state index contributed by atoms with van der Waals surface area (Å²) in [6, 6.07) is 0. The Balaban J connectivity index is 3.42. The fraction of sp³-hybridized carbons (Fsp3) is 0.923. The third-order valence-corrected chi connectivity index (χ3v) is 3.45. The number of carbonyl (C=O) groups is 1. The molecule has 18 heavy (non-hydrogen) atoms. The fourth-order valence-corrected chi connectivity index (χ4v) is 2.19. The Labute approximate surface area is 113 Å². The minimum absolute atomic E-state index is 0.0449. The normalized spacial score (nSPS) is 11.6. The Morgan fingerprint density at radius 2 is 1.89 bits per heavy atom. The van der Waals surface area contributed by atoms with Crippen LogP contribution < -0.4 is 0 Å². The van der Waals surface area contributed by atoms with Gasteiger partial charge >= 0.3 is 5.97 Å². The lowest BCUT2D eigenvalue weighted by Crippen LogP contribution is -2.15. The summed E-state index contributed by atoms with van der Waals surface area (Å²) in [5, 5.41) is 0. The van der Waals surface area contributed by atoms with Crippen molar-refractivity contribution in [2.75, 3.05) is 18.1 Å². The number of rotatable bonds is 11. The van der Waals surface area contributed by atoms with E-state index in [1.807, 2.05) is 6.92 Å². The van der Waals surface area contributed by atoms with Gasteiger partial charge in [-0.2, -0.15) is 11.8 Å². The average molecular weight is 282 g/mol. The lowest BCUT2D eigenvalue weighted by Gasteiger charge is -2.14. The van der Waals surface area contributed by atoms with E-state index in [-0.39, 0.29) is 24.6 Å². The molecule has 108 valence electrons. The second-order valence-electron chi connectivity index (χ2n) is 4.34. The first-order valence-electron chi connectivity index (χ1n) is 6.63. The highest BCUT2D eigenvalue weighted by Crippen LogP contribution is 2.26. The Kier molecular flexibility index (Phi) is 10.4. The van der Waals surface area contributed by atoms with Gasteiger partial charge in [0.15, 0.2) is 0 Å². The van der Waals surface area contributed by atoms with Gasteiger partial charge in [0.2, 0.25) is 5.92 Å². The van der Waals surface area contributed by atoms with E-state index >= 15 is 0 Å². The number of thioether (sulfide) groups is 1. The number of hydrogen-bond donors (Lipinski definition) is 0. The molecule has 0 spiro atoms. The van der Waals surface area contributed by atoms with Gasteiger partial charge in [-0.3, -0.25) is 4.79 Å². The molecule has 0 saturated carbocycles. The van der Waals surface area contributed by atoms with E-state index in [2.05, 4.69) is 0 Å². The summed E-state index contributed by atoms with van der Waals surface area (Å²) in [6.45, 7) is 4.25. The van der Waals surface area contributed by atoms with Crippen LogP contribution >= 0.6 is 11.8 Å². The summed E-state index contributed by atoms with van der Waals surface area (Å²) >= 11 is 1.37. The second kappa shape index (κ2) is 10.6. The number of halogens is 2. The molecule has 0 atom stereocenters. The number of carbonyl (C=O) groups excluding carboxylic acids is 1. The highest BCUT2D eigenvalue weighted by atomic mass is 32.2. The van der Waals surface area contributed by atoms with Crippen LogP contribution in [0.2, 0.25) is 0 Å². The predicted molar refractivity (Wildman–Crippen MR) is 72.3 cm³/mol. The van der Waals surface area contributed by atoms with E-state index in [9.17, 15) is 13.6 Å². The van der Waals surface area contributed by atoms with Crippen molar-refractivity contribution in [2.45, 2.75) is 58.3 Å². The number of esters is 1. The van der Waals surface area contributed by atoms with Crippen LogP contribution in [0, 0.1) is 0 Å². The van der Waals surface area contributed by atoms with Gasteiger partial charge in [-0.25, -0.2) is 8.78 Å². The molecule has 0 aromatic heterocycles. The number of unbranched alkanes of at least 4 members (excludes halogenated alkanes) is 1. The van der Waals surface area contributed by atoms with Crippen molar-refractivity contribution in [1.82, 2.24) is 0 Å². The molecule has 0 radical (unpaired) electrons. The van der Waals surface area contributed by atoms with Crippen LogP contribution in [0.4, 0.5) is 8.78 Å². The molecule has 2 nitrogen and oxygen atoms in total. The first-order chi connectivity index (χ1) is 8.52. The molecular formula is C13H24F2O2S. The van der Waals surface area contributed by atoms with Crippen molar-refractivity contribution >= 4 is 17.7 Å². The summed E-state index contributed by atoms with van der Waals surface area (Å²) < 4.78 is 31.2. The molecule has 0 aliphatic carbocycles. The van der Waals surface area contributed by atoms with Crippen LogP contribution in [0.25, 0.3) is 0 Å². The van der Waals surface area contributed by atoms with Crippen molar-refractivity contribution < 1.29 is 18.3 Å². The van der Waals surface area contributed by atoms with E-state index in [0.717, 1.165) is 12.8 Å². The fourth-order valence-electron chi connectivity index (χ4n) is 1.45. The first-order valence-corrected chi connectivity index (χ1v) is 7.78. The van der Waals surface area contributed by atoms with Crippen molar-refractivity contribution in [1.29, 1.82) is 0 Å². The minimum atomic E-state index is -2.54. The SMILES string of the molecule is CCCCOC(=O)CSCCCC(F)(F)CCC. The quantitative estimate of drug-likeness (QED) is 0.418. The largest absolute Gasteiger partial charge is 0.465 e. The molecule has 0 heterocycles. The predicted octanol–water partition coefficient (Wildman–Crippen LogP) is 4.28. The van der Waals surface area contributed by atoms with Crippen LogP contribution in [-0.2, 0) is 9.53 Å². The molecule has 0 aliphatic heterocycles. The molecule has 0 aromatic rings. The Morgan fingerprint density at radius 3 is 2.50 bits per heavy atom. The van der Waals surface area contributed by atoms with Gasteiger partial charge in [-0.1, -0.05) is 26.7 Å². The summed E-state index contributed by atoms with van der Waals surface area (Å²) in [6.07, 6.45) is 2.69. The van der Waals surface area contributed by atoms with E-state index in [1.165, 1.54) is 11.8 Å². The van der Waals surface area contributed by atoms with Crippen LogP contribution in [0.5, 0.6) is 0 Å². The molecule has 0 bridgehead atoms. The third kappa shape index (κ3) is 10.8. The highest BCUT2D eigenvalue weighted by molar-refractivity contribution is 7.99. The van der Waals surface area contributed by atoms with E-state index in [1.54, 1.807) is 6.92 Å². The van der Waals surface area contributed by atoms with Gasteiger partial charge < -0.3 is 4.74 Å². The Hall–Kier alpha value is -0.320. The summed E-state index contributed by atoms with van der Waals surface area (Å²) in [5.74, 6) is -1.93. The van der Waals surface area contributed by atoms with Gasteiger partial charge in [0.05, 0.1) is 12.4 Å². The Morgan fingerprint density at radius 1 is 1.17 bits per heavy atom. The monoisotopic (exact) mass is 282 g/mol. The maximum atomic E-state index is 13.1. The average Bonchev–Trinajstić information content (AvgIpc) is 2.28. The lowest BCUT2D eigenvalue weighted by molar-refractivity contribution is -0.140. The zero-order valence-corrected chi connectivity index (χ0v) is 12.2. The van der Waals surface area contributed by atoms with Gasteiger partial charge in [-0.05, 0) is 18.6 Å². The molecular weight excluding hydrogens is 258 g/mol. The van der Waals surface area contributed by atoms with Gasteiger partial charge in [0, 0.05) is 12.8 Å². The van der Waals surface area contributed by atoms with E-state index < -0.39 is 5.92 Å². The van der Waals surface area contributed by atoms with Gasteiger partial charge in [-0.15, -0.1) is 0 Å². The zero-order valence-electron chi connectivity index (χ0n) is 11.3. The number of hydrogen-bond acceptors (Lipinski definition) is 3. The standard InChI is InChI=1S/C13H24F2O2S/c1-3-5-9-17-12(16)11-18-10-6-8-13(14,15)7-4-2/h3-11H2,1-2H3. The van der Waals surface area contributed by atoms with Crippen molar-refractivity contribution in [3.05, 3.63) is 0 Å². The highest BCUT2D eigenvalue weighted by Gasteiger charge is 2.26. The van der Waals surface area contributed by atoms with Crippen LogP contribution in [0.3, 0.4) is 0 Å². The second-order valence-corrected chi connectivity index (χ2v) is 5.44. The molecule has 0 saturated heterocycles. The van der Waals surface area contributed by atoms with Crippen LogP contribution in [-0.4, -0.2) is 30.0 Å². The van der Waals surface area contributed by atoms with Gasteiger partial charge in [0.1, 0.15) is 0 Å². The smallest absolute Gasteiger partial charge is 0.315 e. The van der Waals surface area contributed by atoms with Crippen molar-refractivity contribution in [3.63, 3.8) is 0 Å². The van der Waals surface area contributed by atoms with Crippen molar-refractivity contribution in [2.24, 2.45) is 0 Å². The summed E-state index contributed by atoms with van der Waals surface area (Å²) in [5.41, 5.74) is 0. The minimum Gasteiger partial charge on any atom is -0.465 e. The van der Waals surface area contributed by atoms with Crippen LogP contribution in [0.15, 0.2) is 0 Å². The molecule has 0 fully saturated rings. The molecule has 0 aliphatic rings. The maximum absolute atomic E-state index is 13.1. The molecule has 0 unspecified atom stereocenters. The zero-order chi connectivity index (χ0) is 13.9. The van der Waals surface area contributed by atoms with E-state index in [0.29, 0.717) is 25.2 Å². The van der Waals surface area contributed by atoms with Crippen LogP contribution in [0.1, 0.15) is 52.4 Å². The lowest BCUT2D eigenvalue weighted by atomic mass is 10.1. The summed E-state index contributed by atoms with van der Waals surface area (Å²) in [7, 11) is 0. The Bertz CT molecular complexity index is 223.